The van der Waals surface area contributed by atoms with Gasteiger partial charge in [0.25, 0.3) is 5.91 Å². The van der Waals surface area contributed by atoms with Gasteiger partial charge in [0.15, 0.2) is 11.6 Å². The zero-order chi connectivity index (χ0) is 24.2. The highest BCUT2D eigenvalue weighted by Gasteiger charge is 2.27. The summed E-state index contributed by atoms with van der Waals surface area (Å²) in [5, 5.41) is 10.2. The molecule has 0 radical (unpaired) electrons. The molecular formula is C25H25N7O3. The molecule has 10 heteroatoms. The molecule has 0 fully saturated rings. The first-order valence-corrected chi connectivity index (χ1v) is 11.4. The van der Waals surface area contributed by atoms with Crippen LogP contribution in [0.15, 0.2) is 55.0 Å². The fourth-order valence-corrected chi connectivity index (χ4v) is 4.12. The Morgan fingerprint density at radius 3 is 2.83 bits per heavy atom. The van der Waals surface area contributed by atoms with Crippen molar-refractivity contribution in [1.29, 1.82) is 0 Å². The van der Waals surface area contributed by atoms with Gasteiger partial charge in [-0.2, -0.15) is 5.10 Å². The van der Waals surface area contributed by atoms with Crippen molar-refractivity contribution >= 4 is 28.9 Å². The number of hydrogen-bond acceptors (Lipinski definition) is 7. The molecule has 10 nitrogen and oxygen atoms in total. The number of hydrogen-bond donors (Lipinski definition) is 3. The second-order valence-corrected chi connectivity index (χ2v) is 8.27. The predicted molar refractivity (Wildman–Crippen MR) is 130 cm³/mol. The number of fused-ring (bicyclic) bond motifs is 1. The number of aryl methyl sites for hydroxylation is 2. The molecule has 0 spiro atoms. The first-order valence-electron chi connectivity index (χ1n) is 11.4. The predicted octanol–water partition coefficient (Wildman–Crippen LogP) is 3.62. The number of anilines is 3. The number of ketones is 1. The van der Waals surface area contributed by atoms with Crippen molar-refractivity contribution in [1.82, 2.24) is 24.7 Å². The second kappa shape index (κ2) is 9.90. The number of carbonyl (C=O) groups excluding carboxylic acids is 2. The van der Waals surface area contributed by atoms with Crippen molar-refractivity contribution in [2.45, 2.75) is 25.9 Å². The number of H-pyrrole nitrogens is 1. The van der Waals surface area contributed by atoms with Crippen molar-refractivity contribution in [2.24, 2.45) is 7.05 Å². The zero-order valence-corrected chi connectivity index (χ0v) is 19.2. The Kier molecular flexibility index (Phi) is 6.36. The molecule has 1 aromatic carbocycles. The minimum atomic E-state index is -0.333. The number of Topliss-reactive ketones (excluding diaryl/α,β-unsaturated/α-hetero) is 1. The Hall–Kier alpha value is -4.31. The van der Waals surface area contributed by atoms with Crippen molar-refractivity contribution < 1.29 is 14.3 Å². The number of carbonyl (C=O) groups is 2. The van der Waals surface area contributed by atoms with Crippen LogP contribution in [0.3, 0.4) is 0 Å². The van der Waals surface area contributed by atoms with Gasteiger partial charge in [0.1, 0.15) is 25.4 Å². The summed E-state index contributed by atoms with van der Waals surface area (Å²) in [7, 11) is 1.76. The molecule has 0 saturated carbocycles. The number of pyridine rings is 1. The fourth-order valence-electron chi connectivity index (χ4n) is 4.12. The monoisotopic (exact) mass is 471 g/mol. The molecule has 178 valence electrons. The summed E-state index contributed by atoms with van der Waals surface area (Å²) in [5.74, 6) is 0.802. The van der Waals surface area contributed by atoms with Gasteiger partial charge in [-0.25, -0.2) is 9.97 Å². The molecule has 5 rings (SSSR count). The molecule has 0 aliphatic heterocycles. The SMILES string of the molecule is Cn1ncnc1COCC(=O)Nc1cc(-c2[nH]c3c(c2Nc2ccccc2)C(=O)CCC3)ccn1. The molecule has 1 aliphatic rings. The summed E-state index contributed by atoms with van der Waals surface area (Å²) in [6, 6.07) is 13.4. The van der Waals surface area contributed by atoms with Gasteiger partial charge in [0.2, 0.25) is 0 Å². The summed E-state index contributed by atoms with van der Waals surface area (Å²) in [5.41, 5.74) is 4.84. The molecule has 0 bridgehead atoms. The topological polar surface area (TPSA) is 127 Å². The van der Waals surface area contributed by atoms with Crippen molar-refractivity contribution in [3.63, 3.8) is 0 Å². The summed E-state index contributed by atoms with van der Waals surface area (Å²) >= 11 is 0. The van der Waals surface area contributed by atoms with Crippen LogP contribution in [0.4, 0.5) is 17.2 Å². The lowest BCUT2D eigenvalue weighted by atomic mass is 9.95. The van der Waals surface area contributed by atoms with E-state index in [-0.39, 0.29) is 24.9 Å². The van der Waals surface area contributed by atoms with E-state index in [1.807, 2.05) is 36.4 Å². The Morgan fingerprint density at radius 2 is 2.03 bits per heavy atom. The minimum absolute atomic E-state index is 0.120. The van der Waals surface area contributed by atoms with E-state index >= 15 is 0 Å². The lowest BCUT2D eigenvalue weighted by Crippen LogP contribution is -2.19. The summed E-state index contributed by atoms with van der Waals surface area (Å²) in [4.78, 5) is 37.0. The first-order chi connectivity index (χ1) is 17.1. The van der Waals surface area contributed by atoms with Crippen LogP contribution in [0.25, 0.3) is 11.3 Å². The highest BCUT2D eigenvalue weighted by atomic mass is 16.5. The van der Waals surface area contributed by atoms with Crippen LogP contribution in [0.5, 0.6) is 0 Å². The quantitative estimate of drug-likeness (QED) is 0.358. The maximum absolute atomic E-state index is 12.8. The van der Waals surface area contributed by atoms with E-state index in [1.54, 1.807) is 24.0 Å². The molecule has 0 saturated heterocycles. The number of aromatic nitrogens is 5. The van der Waals surface area contributed by atoms with Crippen LogP contribution in [-0.4, -0.2) is 43.0 Å². The zero-order valence-electron chi connectivity index (χ0n) is 19.2. The van der Waals surface area contributed by atoms with Crippen molar-refractivity contribution in [3.05, 3.63) is 72.1 Å². The van der Waals surface area contributed by atoms with Crippen LogP contribution in [0, 0.1) is 0 Å². The number of ether oxygens (including phenoxy) is 1. The highest BCUT2D eigenvalue weighted by Crippen LogP contribution is 2.39. The van der Waals surface area contributed by atoms with E-state index < -0.39 is 0 Å². The molecule has 3 N–H and O–H groups in total. The van der Waals surface area contributed by atoms with Crippen molar-refractivity contribution in [2.75, 3.05) is 17.2 Å². The lowest BCUT2D eigenvalue weighted by molar-refractivity contribution is -0.121. The third kappa shape index (κ3) is 4.97. The third-order valence-corrected chi connectivity index (χ3v) is 5.82. The van der Waals surface area contributed by atoms with Gasteiger partial charge in [0, 0.05) is 36.6 Å². The van der Waals surface area contributed by atoms with E-state index in [2.05, 4.69) is 30.7 Å². The van der Waals surface area contributed by atoms with Crippen molar-refractivity contribution in [3.8, 4) is 11.3 Å². The van der Waals surface area contributed by atoms with Crippen LogP contribution < -0.4 is 10.6 Å². The average Bonchev–Trinajstić information content (AvgIpc) is 3.44. The number of nitrogens with one attached hydrogen (secondary N) is 3. The van der Waals surface area contributed by atoms with Gasteiger partial charge in [-0.1, -0.05) is 18.2 Å². The largest absolute Gasteiger partial charge is 0.364 e. The number of nitrogens with zero attached hydrogens (tertiary/aromatic N) is 4. The number of rotatable bonds is 8. The minimum Gasteiger partial charge on any atom is -0.364 e. The van der Waals surface area contributed by atoms with E-state index in [0.717, 1.165) is 41.2 Å². The van der Waals surface area contributed by atoms with Gasteiger partial charge in [0.05, 0.1) is 16.9 Å². The normalized spacial score (nSPS) is 12.9. The Balaban J connectivity index is 1.36. The van der Waals surface area contributed by atoms with Crippen LogP contribution >= 0.6 is 0 Å². The fraction of sp³-hybridized carbons (Fsp3) is 0.240. The Morgan fingerprint density at radius 1 is 1.17 bits per heavy atom. The summed E-state index contributed by atoms with van der Waals surface area (Å²) < 4.78 is 7.03. The Bertz CT molecular complexity index is 1360. The number of benzene rings is 1. The Labute approximate surface area is 201 Å². The highest BCUT2D eigenvalue weighted by molar-refractivity contribution is 6.07. The van der Waals surface area contributed by atoms with Crippen LogP contribution in [0.1, 0.15) is 34.7 Å². The molecular weight excluding hydrogens is 446 g/mol. The maximum atomic E-state index is 12.8. The average molecular weight is 472 g/mol. The van der Waals surface area contributed by atoms with Crippen LogP contribution in [0.2, 0.25) is 0 Å². The molecule has 1 aliphatic carbocycles. The standard InChI is InChI=1S/C25H25N7O3/c1-32-21(27-15-28-32)13-35-14-22(34)31-20-12-16(10-11-26-20)24-25(29-17-6-3-2-4-7-17)23-18(30-24)8-5-9-19(23)33/h2-4,6-7,10-12,15,29-30H,5,8-9,13-14H2,1H3,(H,26,31,34). The van der Waals surface area contributed by atoms with Crippen LogP contribution in [-0.2, 0) is 29.6 Å². The van der Waals surface area contributed by atoms with E-state index in [1.165, 1.54) is 6.33 Å². The summed E-state index contributed by atoms with van der Waals surface area (Å²) in [6.07, 6.45) is 5.21. The molecule has 0 atom stereocenters. The van der Waals surface area contributed by atoms with Gasteiger partial charge in [-0.05, 0) is 37.1 Å². The molecule has 0 unspecified atom stereocenters. The van der Waals surface area contributed by atoms with Gasteiger partial charge in [-0.3, -0.25) is 14.3 Å². The number of amides is 1. The van der Waals surface area contributed by atoms with E-state index in [4.69, 9.17) is 4.74 Å². The molecule has 3 heterocycles. The maximum Gasteiger partial charge on any atom is 0.251 e. The lowest BCUT2D eigenvalue weighted by Gasteiger charge is -2.14. The molecule has 4 aromatic rings. The van der Waals surface area contributed by atoms with E-state index in [0.29, 0.717) is 23.6 Å². The molecule has 1 amide bonds. The van der Waals surface area contributed by atoms with Gasteiger partial charge < -0.3 is 20.4 Å². The molecule has 35 heavy (non-hydrogen) atoms. The summed E-state index contributed by atoms with van der Waals surface area (Å²) in [6.45, 7) is 0.0266. The molecule has 3 aromatic heterocycles. The smallest absolute Gasteiger partial charge is 0.251 e. The van der Waals surface area contributed by atoms with Gasteiger partial charge in [-0.15, -0.1) is 0 Å². The second-order valence-electron chi connectivity index (χ2n) is 8.27. The van der Waals surface area contributed by atoms with Gasteiger partial charge >= 0.3 is 0 Å². The van der Waals surface area contributed by atoms with E-state index in [9.17, 15) is 9.59 Å². The third-order valence-electron chi connectivity index (χ3n) is 5.82. The number of para-hydroxylation sites is 1. The first kappa shape index (κ1) is 22.5. The number of aromatic amines is 1.